The Morgan fingerprint density at radius 2 is 1.71 bits per heavy atom. The van der Waals surface area contributed by atoms with Crippen LogP contribution < -0.4 is 0 Å². The quantitative estimate of drug-likeness (QED) is 0.579. The van der Waals surface area contributed by atoms with Crippen LogP contribution in [0.15, 0.2) is 34.8 Å². The summed E-state index contributed by atoms with van der Waals surface area (Å²) < 4.78 is 0.220. The lowest BCUT2D eigenvalue weighted by molar-refractivity contribution is 0.103. The van der Waals surface area contributed by atoms with Crippen molar-refractivity contribution in [3.63, 3.8) is 0 Å². The SMILES string of the molecule is CCCc1ccc(C(=O)c2c(Br)cc(O)c(O)c2O)cc1. The normalized spacial score (nSPS) is 10.6. The summed E-state index contributed by atoms with van der Waals surface area (Å²) in [5, 5.41) is 28.8. The van der Waals surface area contributed by atoms with Crippen molar-refractivity contribution in [3.8, 4) is 17.2 Å². The molecule has 0 unspecified atom stereocenters. The molecule has 0 aliphatic rings. The number of aromatic hydroxyl groups is 3. The number of carbonyl (C=O) groups excluding carboxylic acids is 1. The van der Waals surface area contributed by atoms with Gasteiger partial charge in [0.2, 0.25) is 5.75 Å². The highest BCUT2D eigenvalue weighted by molar-refractivity contribution is 9.10. The van der Waals surface area contributed by atoms with Crippen LogP contribution in [0, 0.1) is 0 Å². The Hall–Kier alpha value is -2.01. The Kier molecular flexibility index (Phi) is 4.53. The maximum atomic E-state index is 12.4. The molecule has 0 heterocycles. The van der Waals surface area contributed by atoms with Crippen LogP contribution in [0.4, 0.5) is 0 Å². The Morgan fingerprint density at radius 3 is 2.29 bits per heavy atom. The van der Waals surface area contributed by atoms with E-state index in [1.54, 1.807) is 12.1 Å². The highest BCUT2D eigenvalue weighted by Crippen LogP contribution is 2.42. The molecule has 0 radical (unpaired) electrons. The molecule has 4 nitrogen and oxygen atoms in total. The van der Waals surface area contributed by atoms with Crippen molar-refractivity contribution >= 4 is 21.7 Å². The predicted octanol–water partition coefficient (Wildman–Crippen LogP) is 3.75. The van der Waals surface area contributed by atoms with Gasteiger partial charge >= 0.3 is 0 Å². The molecule has 2 rings (SSSR count). The third-order valence-corrected chi connectivity index (χ3v) is 3.81. The highest BCUT2D eigenvalue weighted by atomic mass is 79.9. The predicted molar refractivity (Wildman–Crippen MR) is 83.0 cm³/mol. The summed E-state index contributed by atoms with van der Waals surface area (Å²) >= 11 is 3.12. The van der Waals surface area contributed by atoms with Gasteiger partial charge in [0.15, 0.2) is 17.3 Å². The molecule has 0 spiro atoms. The number of hydrogen-bond acceptors (Lipinski definition) is 4. The van der Waals surface area contributed by atoms with Gasteiger partial charge in [0, 0.05) is 10.0 Å². The average molecular weight is 351 g/mol. The molecule has 0 bridgehead atoms. The molecule has 0 aliphatic heterocycles. The van der Waals surface area contributed by atoms with Gasteiger partial charge in [0.25, 0.3) is 0 Å². The van der Waals surface area contributed by atoms with Crippen LogP contribution in [0.25, 0.3) is 0 Å². The van der Waals surface area contributed by atoms with E-state index in [1.165, 1.54) is 6.07 Å². The van der Waals surface area contributed by atoms with E-state index in [9.17, 15) is 20.1 Å². The second-order valence-electron chi connectivity index (χ2n) is 4.73. The number of benzene rings is 2. The number of halogens is 1. The lowest BCUT2D eigenvalue weighted by Gasteiger charge is -2.10. The second kappa shape index (κ2) is 6.18. The Bertz CT molecular complexity index is 678. The molecule has 3 N–H and O–H groups in total. The number of rotatable bonds is 4. The first-order chi connectivity index (χ1) is 9.95. The molecule has 0 fully saturated rings. The summed E-state index contributed by atoms with van der Waals surface area (Å²) in [6.07, 6.45) is 1.95. The average Bonchev–Trinajstić information content (AvgIpc) is 2.46. The van der Waals surface area contributed by atoms with E-state index in [-0.39, 0.29) is 10.0 Å². The van der Waals surface area contributed by atoms with Gasteiger partial charge in [0.05, 0.1) is 5.56 Å². The number of phenols is 3. The van der Waals surface area contributed by atoms with E-state index >= 15 is 0 Å². The molecule has 0 amide bonds. The van der Waals surface area contributed by atoms with E-state index in [1.807, 2.05) is 12.1 Å². The van der Waals surface area contributed by atoms with Crippen molar-refractivity contribution in [1.29, 1.82) is 0 Å². The van der Waals surface area contributed by atoms with Crippen LogP contribution in [-0.4, -0.2) is 21.1 Å². The topological polar surface area (TPSA) is 77.8 Å². The van der Waals surface area contributed by atoms with Crippen LogP contribution in [0.3, 0.4) is 0 Å². The van der Waals surface area contributed by atoms with Crippen LogP contribution in [-0.2, 0) is 6.42 Å². The van der Waals surface area contributed by atoms with Crippen LogP contribution in [0.2, 0.25) is 0 Å². The number of hydrogen-bond donors (Lipinski definition) is 3. The molecular weight excluding hydrogens is 336 g/mol. The van der Waals surface area contributed by atoms with Gasteiger partial charge in [-0.3, -0.25) is 4.79 Å². The summed E-state index contributed by atoms with van der Waals surface area (Å²) in [6.45, 7) is 2.08. The standard InChI is InChI=1S/C16H15BrO4/c1-2-3-9-4-6-10(7-5-9)14(19)13-11(17)8-12(18)15(20)16(13)21/h4-8,18,20-21H,2-3H2,1H3. The smallest absolute Gasteiger partial charge is 0.201 e. The Labute approximate surface area is 130 Å². The van der Waals surface area contributed by atoms with Crippen molar-refractivity contribution in [2.75, 3.05) is 0 Å². The van der Waals surface area contributed by atoms with Gasteiger partial charge in [-0.15, -0.1) is 0 Å². The van der Waals surface area contributed by atoms with E-state index in [2.05, 4.69) is 22.9 Å². The van der Waals surface area contributed by atoms with Crippen molar-refractivity contribution in [2.24, 2.45) is 0 Å². The van der Waals surface area contributed by atoms with Gasteiger partial charge in [-0.05, 0) is 34.0 Å². The van der Waals surface area contributed by atoms with Gasteiger partial charge in [-0.25, -0.2) is 0 Å². The van der Waals surface area contributed by atoms with E-state index in [0.29, 0.717) is 5.56 Å². The monoisotopic (exact) mass is 350 g/mol. The van der Waals surface area contributed by atoms with Gasteiger partial charge in [-0.2, -0.15) is 0 Å². The number of phenolic OH excluding ortho intramolecular Hbond substituents is 3. The molecule has 2 aromatic carbocycles. The van der Waals surface area contributed by atoms with E-state index in [4.69, 9.17) is 0 Å². The van der Waals surface area contributed by atoms with Gasteiger partial charge in [0.1, 0.15) is 0 Å². The molecule has 5 heteroatoms. The van der Waals surface area contributed by atoms with Crippen LogP contribution in [0.5, 0.6) is 17.2 Å². The summed E-state index contributed by atoms with van der Waals surface area (Å²) in [5.74, 6) is -2.26. The molecule has 0 saturated carbocycles. The molecule has 2 aromatic rings. The minimum atomic E-state index is -0.704. The van der Waals surface area contributed by atoms with Crippen molar-refractivity contribution < 1.29 is 20.1 Å². The molecule has 21 heavy (non-hydrogen) atoms. The molecular formula is C16H15BrO4. The highest BCUT2D eigenvalue weighted by Gasteiger charge is 2.22. The summed E-state index contributed by atoms with van der Waals surface area (Å²) in [7, 11) is 0. The zero-order chi connectivity index (χ0) is 15.6. The van der Waals surface area contributed by atoms with Crippen molar-refractivity contribution in [1.82, 2.24) is 0 Å². The molecule has 0 aliphatic carbocycles. The van der Waals surface area contributed by atoms with Gasteiger partial charge in [-0.1, -0.05) is 37.6 Å². The van der Waals surface area contributed by atoms with Crippen molar-refractivity contribution in [2.45, 2.75) is 19.8 Å². The Morgan fingerprint density at radius 1 is 1.10 bits per heavy atom. The molecule has 0 atom stereocenters. The number of ketones is 1. The maximum Gasteiger partial charge on any atom is 0.201 e. The zero-order valence-corrected chi connectivity index (χ0v) is 13.0. The third-order valence-electron chi connectivity index (χ3n) is 3.19. The fraction of sp³-hybridized carbons (Fsp3) is 0.188. The first-order valence-corrected chi connectivity index (χ1v) is 7.32. The Balaban J connectivity index is 2.43. The number of carbonyl (C=O) groups is 1. The summed E-state index contributed by atoms with van der Waals surface area (Å²) in [6, 6.07) is 8.27. The minimum Gasteiger partial charge on any atom is -0.504 e. The summed E-state index contributed by atoms with van der Waals surface area (Å²) in [4.78, 5) is 12.4. The fourth-order valence-corrected chi connectivity index (χ4v) is 2.67. The molecule has 0 saturated heterocycles. The fourth-order valence-electron chi connectivity index (χ4n) is 2.09. The zero-order valence-electron chi connectivity index (χ0n) is 11.4. The minimum absolute atomic E-state index is 0.0754. The molecule has 0 aromatic heterocycles. The second-order valence-corrected chi connectivity index (χ2v) is 5.58. The lowest BCUT2D eigenvalue weighted by atomic mass is 9.99. The summed E-state index contributed by atoms with van der Waals surface area (Å²) in [5.41, 5.74) is 1.45. The first kappa shape index (κ1) is 15.4. The van der Waals surface area contributed by atoms with Gasteiger partial charge < -0.3 is 15.3 Å². The van der Waals surface area contributed by atoms with E-state index < -0.39 is 23.0 Å². The van der Waals surface area contributed by atoms with Crippen molar-refractivity contribution in [3.05, 3.63) is 51.5 Å². The van der Waals surface area contributed by atoms with Crippen LogP contribution >= 0.6 is 15.9 Å². The van der Waals surface area contributed by atoms with E-state index in [0.717, 1.165) is 18.4 Å². The van der Waals surface area contributed by atoms with Crippen LogP contribution in [0.1, 0.15) is 34.8 Å². The largest absolute Gasteiger partial charge is 0.504 e. The first-order valence-electron chi connectivity index (χ1n) is 6.52. The third kappa shape index (κ3) is 3.03. The lowest BCUT2D eigenvalue weighted by Crippen LogP contribution is -2.03. The molecule has 110 valence electrons. The number of aryl methyl sites for hydroxylation is 1. The maximum absolute atomic E-state index is 12.4.